The number of rotatable bonds is 3. The molecule has 0 fully saturated rings. The third kappa shape index (κ3) is 57.8. The molecule has 0 radical (unpaired) electrons. The zero-order valence-corrected chi connectivity index (χ0v) is 75.7. The lowest BCUT2D eigenvalue weighted by Crippen LogP contribution is -2.29. The molecule has 1 heterocycles. The second kappa shape index (κ2) is 94.3. The highest BCUT2D eigenvalue weighted by Crippen LogP contribution is 2.52. The van der Waals surface area contributed by atoms with Crippen LogP contribution < -0.4 is 0 Å². The van der Waals surface area contributed by atoms with Crippen molar-refractivity contribution in [2.45, 2.75) is 243 Å². The standard InChI is InChI=1S/C20H14O2.C18H20.7C6H6.3C3H8.10C2H6/c21-19-17-13-7-8-14-18(17)20(22-19,15-9-3-1-4-10-15)16-11-5-2-6-12-16;1-17(2)13-18(3,14-9-5-4-6-10-14)16-12-8-7-11-15(16)17;7*1-2-4-6-5-3-1;3*1-3-2;10*1-2/h1-14H;4-12H,13H2,1-3H3;7*1-6H;3*3H2,1-2H3;10*1-2H3. The summed E-state index contributed by atoms with van der Waals surface area (Å²) in [5.74, 6) is -0.275. The minimum Gasteiger partial charge on any atom is -0.441 e. The summed E-state index contributed by atoms with van der Waals surface area (Å²) in [5.41, 5.74) is 7.45. The maximum absolute atomic E-state index is 12.4. The monoisotopic (exact) mass is 1500 g/mol. The summed E-state index contributed by atoms with van der Waals surface area (Å²) < 4.78 is 5.95. The van der Waals surface area contributed by atoms with Gasteiger partial charge >= 0.3 is 5.97 Å². The van der Waals surface area contributed by atoms with Crippen LogP contribution in [-0.4, -0.2) is 5.97 Å². The van der Waals surface area contributed by atoms with Crippen LogP contribution in [0.25, 0.3) is 0 Å². The molecule has 0 N–H and O–H groups in total. The van der Waals surface area contributed by atoms with E-state index in [0.29, 0.717) is 5.56 Å². The molecule has 111 heavy (non-hydrogen) atoms. The van der Waals surface area contributed by atoms with Gasteiger partial charge in [-0.1, -0.05) is 608 Å². The van der Waals surface area contributed by atoms with E-state index in [4.69, 9.17) is 4.74 Å². The van der Waals surface area contributed by atoms with E-state index in [0.717, 1.165) is 16.7 Å². The van der Waals surface area contributed by atoms with Crippen molar-refractivity contribution in [1.29, 1.82) is 0 Å². The molecule has 0 amide bonds. The van der Waals surface area contributed by atoms with Crippen LogP contribution in [0.3, 0.4) is 0 Å². The number of cyclic esters (lactones) is 1. The number of fused-ring (bicyclic) bond motifs is 2. The van der Waals surface area contributed by atoms with Crippen molar-refractivity contribution in [2.24, 2.45) is 0 Å². The second-order valence-corrected chi connectivity index (χ2v) is 21.9. The number of esters is 1. The highest BCUT2D eigenvalue weighted by atomic mass is 16.6. The van der Waals surface area contributed by atoms with Gasteiger partial charge in [-0.3, -0.25) is 0 Å². The van der Waals surface area contributed by atoms with Crippen molar-refractivity contribution in [3.63, 3.8) is 0 Å². The first-order valence-corrected chi connectivity index (χ1v) is 42.2. The first kappa shape index (κ1) is 117. The van der Waals surface area contributed by atoms with Crippen molar-refractivity contribution in [2.75, 3.05) is 0 Å². The highest BCUT2D eigenvalue weighted by Gasteiger charge is 2.48. The Labute approximate surface area is 687 Å². The molecule has 1 aliphatic carbocycles. The van der Waals surface area contributed by atoms with Gasteiger partial charge in [0.1, 0.15) is 0 Å². The fourth-order valence-corrected chi connectivity index (χ4v) is 9.54. The van der Waals surface area contributed by atoms with E-state index in [-0.39, 0.29) is 16.8 Å². The lowest BCUT2D eigenvalue weighted by Gasteiger charge is -2.30. The Kier molecular flexibility index (Phi) is 99.3. The molecule has 0 spiro atoms. The first-order chi connectivity index (χ1) is 54.6. The third-order valence-electron chi connectivity index (χ3n) is 13.3. The molecule has 1 aliphatic heterocycles. The van der Waals surface area contributed by atoms with E-state index in [1.54, 1.807) is 0 Å². The van der Waals surface area contributed by atoms with Gasteiger partial charge in [0.25, 0.3) is 0 Å². The molecule has 12 aromatic carbocycles. The van der Waals surface area contributed by atoms with Crippen molar-refractivity contribution in [3.05, 3.63) is 433 Å². The van der Waals surface area contributed by atoms with Gasteiger partial charge < -0.3 is 4.74 Å². The Hall–Kier alpha value is -9.89. The van der Waals surface area contributed by atoms with Crippen LogP contribution in [0.15, 0.2) is 394 Å². The Morgan fingerprint density at radius 1 is 0.216 bits per heavy atom. The minimum absolute atomic E-state index is 0.154. The smallest absolute Gasteiger partial charge is 0.340 e. The molecule has 2 aliphatic rings. The lowest BCUT2D eigenvalue weighted by molar-refractivity contribution is 0.0251. The van der Waals surface area contributed by atoms with E-state index < -0.39 is 5.60 Å². The van der Waals surface area contributed by atoms with Gasteiger partial charge in [0.05, 0.1) is 5.56 Å². The molecule has 1 atom stereocenters. The van der Waals surface area contributed by atoms with Crippen LogP contribution in [0.1, 0.15) is 270 Å². The molecule has 14 rings (SSSR count). The van der Waals surface area contributed by atoms with Crippen LogP contribution in [0.2, 0.25) is 0 Å². The van der Waals surface area contributed by atoms with E-state index >= 15 is 0 Å². The number of hydrogen-bond donors (Lipinski definition) is 0. The zero-order valence-electron chi connectivity index (χ0n) is 75.7. The topological polar surface area (TPSA) is 26.3 Å². The summed E-state index contributed by atoms with van der Waals surface area (Å²) in [6.07, 6.45) is 4.93. The Morgan fingerprint density at radius 2 is 0.369 bits per heavy atom. The molecular weight excluding hydrogens is 1340 g/mol. The fourth-order valence-electron chi connectivity index (χ4n) is 9.54. The molecule has 2 nitrogen and oxygen atoms in total. The van der Waals surface area contributed by atoms with Gasteiger partial charge in [-0.05, 0) is 34.6 Å². The Bertz CT molecular complexity index is 2940. The van der Waals surface area contributed by atoms with Crippen molar-refractivity contribution in [1.82, 2.24) is 0 Å². The van der Waals surface area contributed by atoms with E-state index in [1.807, 2.05) is 478 Å². The molecule has 0 saturated heterocycles. The maximum atomic E-state index is 12.4. The summed E-state index contributed by atoms with van der Waals surface area (Å²) in [6.45, 7) is 59.9. The molecular formula is C109H160O2. The largest absolute Gasteiger partial charge is 0.441 e. The Morgan fingerprint density at radius 3 is 0.577 bits per heavy atom. The predicted octanol–water partition coefficient (Wildman–Crippen LogP) is 35.1. The summed E-state index contributed by atoms with van der Waals surface area (Å²) in [7, 11) is 0. The van der Waals surface area contributed by atoms with Gasteiger partial charge in [-0.15, -0.1) is 0 Å². The molecule has 0 aromatic heterocycles. The van der Waals surface area contributed by atoms with E-state index in [2.05, 4.69) is 117 Å². The van der Waals surface area contributed by atoms with Crippen molar-refractivity contribution >= 4 is 5.97 Å². The molecule has 12 aromatic rings. The van der Waals surface area contributed by atoms with Crippen LogP contribution in [0.4, 0.5) is 0 Å². The zero-order chi connectivity index (χ0) is 85.6. The second-order valence-electron chi connectivity index (χ2n) is 21.9. The van der Waals surface area contributed by atoms with Crippen LogP contribution >= 0.6 is 0 Å². The lowest BCUT2D eigenvalue weighted by atomic mass is 9.75. The number of ether oxygens (including phenoxy) is 1. The van der Waals surface area contributed by atoms with Gasteiger partial charge in [-0.2, -0.15) is 0 Å². The van der Waals surface area contributed by atoms with E-state index in [9.17, 15) is 4.79 Å². The van der Waals surface area contributed by atoms with Crippen molar-refractivity contribution < 1.29 is 9.53 Å². The average Bonchev–Trinajstić information content (AvgIpc) is 1.60. The van der Waals surface area contributed by atoms with Gasteiger partial charge in [0.2, 0.25) is 0 Å². The molecule has 1 unspecified atom stereocenters. The normalized spacial score (nSPS) is 11.1. The number of carbonyl (C=O) groups excluding carboxylic acids is 1. The Balaban J connectivity index is -0.000000179. The molecule has 608 valence electrons. The highest BCUT2D eigenvalue weighted by molar-refractivity contribution is 5.96. The number of carbonyl (C=O) groups is 1. The number of benzene rings is 12. The fraction of sp³-hybridized carbons (Fsp3) is 0.330. The van der Waals surface area contributed by atoms with Crippen LogP contribution in [0, 0.1) is 0 Å². The predicted molar refractivity (Wildman–Crippen MR) is 508 cm³/mol. The maximum Gasteiger partial charge on any atom is 0.340 e. The minimum atomic E-state index is -0.865. The van der Waals surface area contributed by atoms with Gasteiger partial charge in [0, 0.05) is 22.1 Å². The average molecular weight is 1500 g/mol. The molecule has 0 saturated carbocycles. The summed E-state index contributed by atoms with van der Waals surface area (Å²) >= 11 is 0. The summed E-state index contributed by atoms with van der Waals surface area (Å²) in [6, 6.07) is 131. The van der Waals surface area contributed by atoms with E-state index in [1.165, 1.54) is 42.4 Å². The first-order valence-electron chi connectivity index (χ1n) is 42.2. The quantitative estimate of drug-likeness (QED) is 0.165. The van der Waals surface area contributed by atoms with Crippen LogP contribution in [-0.2, 0) is 21.2 Å². The van der Waals surface area contributed by atoms with Crippen LogP contribution in [0.5, 0.6) is 0 Å². The summed E-state index contributed by atoms with van der Waals surface area (Å²) in [5, 5.41) is 0. The van der Waals surface area contributed by atoms with Gasteiger partial charge in [0.15, 0.2) is 5.60 Å². The number of hydrogen-bond acceptors (Lipinski definition) is 2. The summed E-state index contributed by atoms with van der Waals surface area (Å²) in [4.78, 5) is 12.4. The SMILES string of the molecule is CC.CC.CC.CC.CC.CC.CC.CC.CC.CC.CC1(C)CC(C)(c2ccccc2)c2ccccc21.CCC.CCC.CCC.O=C1OC(c2ccccc2)(c2ccccc2)c2ccccc21.c1ccccc1.c1ccccc1.c1ccccc1.c1ccccc1.c1ccccc1.c1ccccc1.c1ccccc1. The third-order valence-corrected chi connectivity index (χ3v) is 13.3. The van der Waals surface area contributed by atoms with Gasteiger partial charge in [-0.25, -0.2) is 4.79 Å². The molecule has 0 bridgehead atoms. The molecule has 2 heteroatoms. The van der Waals surface area contributed by atoms with Crippen molar-refractivity contribution in [3.8, 4) is 0 Å².